The van der Waals surface area contributed by atoms with E-state index in [1.807, 2.05) is 0 Å². The zero-order valence-corrected chi connectivity index (χ0v) is 8.94. The van der Waals surface area contributed by atoms with Gasteiger partial charge in [0.25, 0.3) is 5.91 Å². The molecule has 0 bridgehead atoms. The van der Waals surface area contributed by atoms with Crippen molar-refractivity contribution in [2.45, 2.75) is 0 Å². The minimum absolute atomic E-state index is 0.00387. The summed E-state index contributed by atoms with van der Waals surface area (Å²) in [5.74, 6) is -1.60. The molecule has 90 valence electrons. The van der Waals surface area contributed by atoms with Crippen LogP contribution in [0.25, 0.3) is 0 Å². The summed E-state index contributed by atoms with van der Waals surface area (Å²) in [4.78, 5) is 29.8. The second kappa shape index (κ2) is 4.95. The summed E-state index contributed by atoms with van der Waals surface area (Å²) in [6, 6.07) is 2.59. The number of hydrogen-bond donors (Lipinski definition) is 2. The number of hydrogen-bond acceptors (Lipinski definition) is 6. The van der Waals surface area contributed by atoms with E-state index in [1.165, 1.54) is 24.5 Å². The molecule has 8 nitrogen and oxygen atoms in total. The fourth-order valence-corrected chi connectivity index (χ4v) is 1.13. The molecule has 0 aromatic carbocycles. The number of pyridine rings is 1. The van der Waals surface area contributed by atoms with Crippen LogP contribution in [0.4, 0.5) is 5.95 Å². The Hall–Kier alpha value is -2.90. The third-order valence-corrected chi connectivity index (χ3v) is 1.95. The first kappa shape index (κ1) is 11.6. The zero-order valence-electron chi connectivity index (χ0n) is 8.94. The Labute approximate surface area is 101 Å². The monoisotopic (exact) mass is 245 g/mol. The highest BCUT2D eigenvalue weighted by atomic mass is 16.4. The molecule has 2 heterocycles. The van der Waals surface area contributed by atoms with E-state index >= 15 is 0 Å². The first-order valence-corrected chi connectivity index (χ1v) is 4.81. The normalized spacial score (nSPS) is 9.78. The van der Waals surface area contributed by atoms with Crippen LogP contribution in [0.15, 0.2) is 30.7 Å². The topological polar surface area (TPSA) is 118 Å². The summed E-state index contributed by atoms with van der Waals surface area (Å²) in [5.41, 5.74) is 0.0663. The Bertz CT molecular complexity index is 570. The molecule has 0 unspecified atom stereocenters. The van der Waals surface area contributed by atoms with E-state index in [2.05, 4.69) is 25.5 Å². The maximum absolute atomic E-state index is 11.7. The molecule has 0 aliphatic heterocycles. The summed E-state index contributed by atoms with van der Waals surface area (Å²) in [6.45, 7) is 0. The van der Waals surface area contributed by atoms with E-state index < -0.39 is 11.9 Å². The lowest BCUT2D eigenvalue weighted by Crippen LogP contribution is -2.16. The molecule has 18 heavy (non-hydrogen) atoms. The van der Waals surface area contributed by atoms with Crippen molar-refractivity contribution in [2.24, 2.45) is 0 Å². The standard InChI is InChI=1S/C10H7N5O3/c16-8(14-10-11-3-4-13-15-10)7-2-1-6(5-12-7)9(17)18/h1-5H,(H,17,18)(H,11,14,15,16). The van der Waals surface area contributed by atoms with Crippen molar-refractivity contribution < 1.29 is 14.7 Å². The van der Waals surface area contributed by atoms with Crippen molar-refractivity contribution in [3.8, 4) is 0 Å². The number of carbonyl (C=O) groups is 2. The Morgan fingerprint density at radius 1 is 1.17 bits per heavy atom. The van der Waals surface area contributed by atoms with Crippen molar-refractivity contribution in [3.63, 3.8) is 0 Å². The molecular formula is C10H7N5O3. The smallest absolute Gasteiger partial charge is 0.337 e. The average Bonchev–Trinajstić information content (AvgIpc) is 2.40. The Morgan fingerprint density at radius 2 is 2.00 bits per heavy atom. The van der Waals surface area contributed by atoms with Crippen molar-refractivity contribution in [1.82, 2.24) is 20.2 Å². The van der Waals surface area contributed by atoms with Crippen molar-refractivity contribution >= 4 is 17.8 Å². The largest absolute Gasteiger partial charge is 0.478 e. The summed E-state index contributed by atoms with van der Waals surface area (Å²) in [5, 5.41) is 18.2. The van der Waals surface area contributed by atoms with E-state index in [0.29, 0.717) is 0 Å². The van der Waals surface area contributed by atoms with Gasteiger partial charge in [0, 0.05) is 6.20 Å². The molecule has 2 rings (SSSR count). The number of anilines is 1. The zero-order chi connectivity index (χ0) is 13.0. The predicted octanol–water partition coefficient (Wildman–Crippen LogP) is 0.217. The van der Waals surface area contributed by atoms with Crippen LogP contribution in [-0.4, -0.2) is 37.1 Å². The van der Waals surface area contributed by atoms with Gasteiger partial charge in [0.2, 0.25) is 5.95 Å². The highest BCUT2D eigenvalue weighted by Crippen LogP contribution is 2.02. The maximum atomic E-state index is 11.7. The van der Waals surface area contributed by atoms with Gasteiger partial charge < -0.3 is 5.11 Å². The Balaban J connectivity index is 2.12. The number of amides is 1. The summed E-state index contributed by atoms with van der Waals surface area (Å²) >= 11 is 0. The third kappa shape index (κ3) is 2.61. The van der Waals surface area contributed by atoms with E-state index in [0.717, 1.165) is 6.20 Å². The van der Waals surface area contributed by atoms with Crippen LogP contribution in [0.2, 0.25) is 0 Å². The van der Waals surface area contributed by atoms with Crippen LogP contribution in [0.1, 0.15) is 20.8 Å². The fraction of sp³-hybridized carbons (Fsp3) is 0. The van der Waals surface area contributed by atoms with Gasteiger partial charge in [-0.1, -0.05) is 0 Å². The van der Waals surface area contributed by atoms with Gasteiger partial charge in [-0.2, -0.15) is 5.10 Å². The summed E-state index contributed by atoms with van der Waals surface area (Å²) in [6.07, 6.45) is 3.85. The lowest BCUT2D eigenvalue weighted by molar-refractivity contribution is 0.0696. The van der Waals surface area contributed by atoms with Crippen LogP contribution in [0.3, 0.4) is 0 Å². The molecular weight excluding hydrogens is 238 g/mol. The average molecular weight is 245 g/mol. The lowest BCUT2D eigenvalue weighted by atomic mass is 10.2. The molecule has 0 aliphatic carbocycles. The van der Waals surface area contributed by atoms with Gasteiger partial charge >= 0.3 is 5.97 Å². The number of rotatable bonds is 3. The van der Waals surface area contributed by atoms with Gasteiger partial charge in [-0.05, 0) is 12.1 Å². The summed E-state index contributed by atoms with van der Waals surface area (Å²) < 4.78 is 0. The van der Waals surface area contributed by atoms with Gasteiger partial charge in [0.05, 0.1) is 18.0 Å². The highest BCUT2D eigenvalue weighted by Gasteiger charge is 2.10. The van der Waals surface area contributed by atoms with Crippen LogP contribution in [0, 0.1) is 0 Å². The van der Waals surface area contributed by atoms with Crippen LogP contribution in [0.5, 0.6) is 0 Å². The Kier molecular flexibility index (Phi) is 3.19. The minimum atomic E-state index is -1.11. The number of aromatic carboxylic acids is 1. The number of nitrogens with one attached hydrogen (secondary N) is 1. The number of aromatic nitrogens is 4. The van der Waals surface area contributed by atoms with Crippen molar-refractivity contribution in [3.05, 3.63) is 42.0 Å². The molecule has 0 radical (unpaired) electrons. The minimum Gasteiger partial charge on any atom is -0.478 e. The number of carbonyl (C=O) groups excluding carboxylic acids is 1. The van der Waals surface area contributed by atoms with Gasteiger partial charge in [0.15, 0.2) is 0 Å². The number of nitrogens with zero attached hydrogens (tertiary/aromatic N) is 4. The lowest BCUT2D eigenvalue weighted by Gasteiger charge is -2.01. The Morgan fingerprint density at radius 3 is 2.56 bits per heavy atom. The van der Waals surface area contributed by atoms with E-state index in [-0.39, 0.29) is 17.2 Å². The molecule has 0 saturated carbocycles. The molecule has 0 saturated heterocycles. The second-order valence-electron chi connectivity index (χ2n) is 3.16. The summed E-state index contributed by atoms with van der Waals surface area (Å²) in [7, 11) is 0. The fourth-order valence-electron chi connectivity index (χ4n) is 1.13. The molecule has 2 aromatic heterocycles. The molecule has 0 fully saturated rings. The SMILES string of the molecule is O=C(O)c1ccc(C(=O)Nc2nccnn2)nc1. The first-order chi connectivity index (χ1) is 8.66. The molecule has 0 atom stereocenters. The molecule has 0 aliphatic rings. The maximum Gasteiger partial charge on any atom is 0.337 e. The molecule has 1 amide bonds. The van der Waals surface area contributed by atoms with Crippen molar-refractivity contribution in [2.75, 3.05) is 5.32 Å². The molecule has 8 heteroatoms. The van der Waals surface area contributed by atoms with Crippen LogP contribution < -0.4 is 5.32 Å². The van der Waals surface area contributed by atoms with Gasteiger partial charge in [-0.3, -0.25) is 15.1 Å². The quantitative estimate of drug-likeness (QED) is 0.793. The van der Waals surface area contributed by atoms with E-state index in [4.69, 9.17) is 5.11 Å². The highest BCUT2D eigenvalue weighted by molar-refractivity contribution is 6.02. The number of carboxylic acid groups (broad SMARTS) is 1. The first-order valence-electron chi connectivity index (χ1n) is 4.81. The van der Waals surface area contributed by atoms with Gasteiger partial charge in [-0.15, -0.1) is 5.10 Å². The van der Waals surface area contributed by atoms with E-state index in [1.54, 1.807) is 0 Å². The van der Waals surface area contributed by atoms with Gasteiger partial charge in [-0.25, -0.2) is 9.78 Å². The third-order valence-electron chi connectivity index (χ3n) is 1.95. The molecule has 2 N–H and O–H groups in total. The van der Waals surface area contributed by atoms with Crippen molar-refractivity contribution in [1.29, 1.82) is 0 Å². The van der Waals surface area contributed by atoms with Gasteiger partial charge in [0.1, 0.15) is 5.69 Å². The number of carboxylic acids is 1. The van der Waals surface area contributed by atoms with Crippen LogP contribution in [-0.2, 0) is 0 Å². The predicted molar refractivity (Wildman–Crippen MR) is 59.0 cm³/mol. The van der Waals surface area contributed by atoms with E-state index in [9.17, 15) is 9.59 Å². The second-order valence-corrected chi connectivity index (χ2v) is 3.16. The molecule has 0 spiro atoms. The van der Waals surface area contributed by atoms with Crippen LogP contribution >= 0.6 is 0 Å². The molecule has 2 aromatic rings.